The van der Waals surface area contributed by atoms with Gasteiger partial charge in [-0.2, -0.15) is 5.10 Å². The predicted octanol–water partition coefficient (Wildman–Crippen LogP) is 3.63. The van der Waals surface area contributed by atoms with Gasteiger partial charge in [-0.05, 0) is 44.2 Å². The van der Waals surface area contributed by atoms with Gasteiger partial charge in [0.25, 0.3) is 0 Å². The molecule has 2 aromatic rings. The van der Waals surface area contributed by atoms with Gasteiger partial charge in [0.1, 0.15) is 0 Å². The quantitative estimate of drug-likeness (QED) is 0.934. The SMILES string of the molecule is CCOc1cc(C2=NN(c3ccc(C)cc3)C(=O)CC2)ccc1O. The van der Waals surface area contributed by atoms with Crippen molar-refractivity contribution in [1.82, 2.24) is 0 Å². The lowest BCUT2D eigenvalue weighted by Crippen LogP contribution is -2.31. The Morgan fingerprint density at radius 1 is 1.17 bits per heavy atom. The van der Waals surface area contributed by atoms with Crippen molar-refractivity contribution in [2.75, 3.05) is 11.6 Å². The molecule has 2 aromatic carbocycles. The molecule has 124 valence electrons. The summed E-state index contributed by atoms with van der Waals surface area (Å²) in [6, 6.07) is 12.8. The molecular formula is C19H20N2O3. The predicted molar refractivity (Wildman–Crippen MR) is 93.7 cm³/mol. The van der Waals surface area contributed by atoms with Crippen molar-refractivity contribution in [2.24, 2.45) is 5.10 Å². The number of benzene rings is 2. The number of carbonyl (C=O) groups is 1. The van der Waals surface area contributed by atoms with Crippen LogP contribution in [0.3, 0.4) is 0 Å². The average Bonchev–Trinajstić information content (AvgIpc) is 2.58. The monoisotopic (exact) mass is 324 g/mol. The van der Waals surface area contributed by atoms with Gasteiger partial charge in [-0.25, -0.2) is 5.01 Å². The molecule has 0 fully saturated rings. The summed E-state index contributed by atoms with van der Waals surface area (Å²) in [6.07, 6.45) is 0.967. The van der Waals surface area contributed by atoms with E-state index < -0.39 is 0 Å². The summed E-state index contributed by atoms with van der Waals surface area (Å²) in [6.45, 7) is 4.34. The number of hydrazone groups is 1. The highest BCUT2D eigenvalue weighted by Gasteiger charge is 2.23. The van der Waals surface area contributed by atoms with Gasteiger partial charge in [0.2, 0.25) is 5.91 Å². The van der Waals surface area contributed by atoms with Gasteiger partial charge in [0.15, 0.2) is 11.5 Å². The summed E-state index contributed by atoms with van der Waals surface area (Å²) < 4.78 is 5.43. The molecule has 0 saturated heterocycles. The van der Waals surface area contributed by atoms with E-state index in [1.165, 1.54) is 5.01 Å². The van der Waals surface area contributed by atoms with Crippen molar-refractivity contribution in [1.29, 1.82) is 0 Å². The van der Waals surface area contributed by atoms with Gasteiger partial charge in [-0.1, -0.05) is 17.7 Å². The number of nitrogens with zero attached hydrogens (tertiary/aromatic N) is 2. The van der Waals surface area contributed by atoms with Crippen LogP contribution in [0.5, 0.6) is 11.5 Å². The molecule has 24 heavy (non-hydrogen) atoms. The minimum atomic E-state index is -0.0218. The maximum absolute atomic E-state index is 12.2. The summed E-state index contributed by atoms with van der Waals surface area (Å²) in [5, 5.41) is 15.8. The summed E-state index contributed by atoms with van der Waals surface area (Å²) >= 11 is 0. The number of aromatic hydroxyl groups is 1. The summed E-state index contributed by atoms with van der Waals surface area (Å²) in [5.74, 6) is 0.506. The first kappa shape index (κ1) is 16.1. The van der Waals surface area contributed by atoms with Gasteiger partial charge in [-0.3, -0.25) is 4.79 Å². The zero-order valence-corrected chi connectivity index (χ0v) is 13.8. The number of phenolic OH excluding ortho intramolecular Hbond substituents is 1. The fourth-order valence-corrected chi connectivity index (χ4v) is 2.61. The number of hydrogen-bond acceptors (Lipinski definition) is 4. The topological polar surface area (TPSA) is 62.1 Å². The molecular weight excluding hydrogens is 304 g/mol. The Morgan fingerprint density at radius 2 is 1.92 bits per heavy atom. The number of hydrogen-bond donors (Lipinski definition) is 1. The number of carbonyl (C=O) groups excluding carboxylic acids is 1. The molecule has 0 spiro atoms. The van der Waals surface area contributed by atoms with Crippen LogP contribution in [-0.4, -0.2) is 23.3 Å². The fourth-order valence-electron chi connectivity index (χ4n) is 2.61. The smallest absolute Gasteiger partial charge is 0.247 e. The molecule has 1 aliphatic heterocycles. The molecule has 3 rings (SSSR count). The second-order valence-electron chi connectivity index (χ2n) is 5.70. The molecule has 0 radical (unpaired) electrons. The molecule has 0 saturated carbocycles. The zero-order valence-electron chi connectivity index (χ0n) is 13.8. The van der Waals surface area contributed by atoms with Gasteiger partial charge in [0, 0.05) is 18.4 Å². The number of ether oxygens (including phenoxy) is 1. The second kappa shape index (κ2) is 6.74. The van der Waals surface area contributed by atoms with Gasteiger partial charge >= 0.3 is 0 Å². The van der Waals surface area contributed by atoms with Crippen LogP contribution in [0.4, 0.5) is 5.69 Å². The summed E-state index contributed by atoms with van der Waals surface area (Å²) in [5.41, 5.74) is 3.54. The third-order valence-electron chi connectivity index (χ3n) is 3.90. The first-order valence-corrected chi connectivity index (χ1v) is 8.01. The normalized spacial score (nSPS) is 14.5. The standard InChI is InChI=1S/C19H20N2O3/c1-3-24-18-12-14(6-10-17(18)22)16-9-11-19(23)21(20-16)15-7-4-13(2)5-8-15/h4-8,10,12,22H,3,9,11H2,1-2H3. The van der Waals surface area contributed by atoms with Crippen molar-refractivity contribution >= 4 is 17.3 Å². The zero-order chi connectivity index (χ0) is 17.1. The van der Waals surface area contributed by atoms with E-state index in [4.69, 9.17) is 4.74 Å². The number of phenols is 1. The number of anilines is 1. The van der Waals surface area contributed by atoms with E-state index in [0.717, 1.165) is 22.5 Å². The van der Waals surface area contributed by atoms with Gasteiger partial charge in [-0.15, -0.1) is 0 Å². The highest BCUT2D eigenvalue weighted by atomic mass is 16.5. The first-order chi connectivity index (χ1) is 11.6. The molecule has 0 atom stereocenters. The third-order valence-corrected chi connectivity index (χ3v) is 3.90. The lowest BCUT2D eigenvalue weighted by atomic mass is 10.0. The van der Waals surface area contributed by atoms with Gasteiger partial charge in [0.05, 0.1) is 18.0 Å². The van der Waals surface area contributed by atoms with E-state index in [2.05, 4.69) is 5.10 Å². The van der Waals surface area contributed by atoms with Crippen molar-refractivity contribution in [3.8, 4) is 11.5 Å². The Labute approximate surface area is 141 Å². The molecule has 1 amide bonds. The Bertz CT molecular complexity index is 782. The molecule has 5 heteroatoms. The largest absolute Gasteiger partial charge is 0.504 e. The van der Waals surface area contributed by atoms with E-state index in [0.29, 0.717) is 25.2 Å². The van der Waals surface area contributed by atoms with Crippen LogP contribution in [0.1, 0.15) is 30.9 Å². The lowest BCUT2D eigenvalue weighted by molar-refractivity contribution is -0.118. The maximum Gasteiger partial charge on any atom is 0.247 e. The van der Waals surface area contributed by atoms with Crippen molar-refractivity contribution in [3.05, 3.63) is 53.6 Å². The number of rotatable bonds is 4. The molecule has 0 aliphatic carbocycles. The lowest BCUT2D eigenvalue weighted by Gasteiger charge is -2.24. The van der Waals surface area contributed by atoms with E-state index in [1.807, 2.05) is 38.1 Å². The van der Waals surface area contributed by atoms with E-state index in [-0.39, 0.29) is 11.7 Å². The van der Waals surface area contributed by atoms with Crippen LogP contribution < -0.4 is 9.75 Å². The minimum absolute atomic E-state index is 0.0218. The average molecular weight is 324 g/mol. The molecule has 1 aliphatic rings. The van der Waals surface area contributed by atoms with Crippen molar-refractivity contribution in [3.63, 3.8) is 0 Å². The number of amides is 1. The minimum Gasteiger partial charge on any atom is -0.504 e. The third kappa shape index (κ3) is 3.25. The molecule has 0 bridgehead atoms. The van der Waals surface area contributed by atoms with Crippen LogP contribution >= 0.6 is 0 Å². The van der Waals surface area contributed by atoms with Crippen LogP contribution in [0.25, 0.3) is 0 Å². The van der Waals surface area contributed by atoms with Crippen LogP contribution in [0.2, 0.25) is 0 Å². The molecule has 0 aromatic heterocycles. The maximum atomic E-state index is 12.2. The highest BCUT2D eigenvalue weighted by Crippen LogP contribution is 2.29. The highest BCUT2D eigenvalue weighted by molar-refractivity contribution is 6.09. The van der Waals surface area contributed by atoms with E-state index in [1.54, 1.807) is 18.2 Å². The summed E-state index contributed by atoms with van der Waals surface area (Å²) in [7, 11) is 0. The Morgan fingerprint density at radius 3 is 2.62 bits per heavy atom. The molecule has 1 N–H and O–H groups in total. The fraction of sp³-hybridized carbons (Fsp3) is 0.263. The van der Waals surface area contributed by atoms with Crippen LogP contribution in [0, 0.1) is 6.92 Å². The van der Waals surface area contributed by atoms with Crippen molar-refractivity contribution < 1.29 is 14.6 Å². The van der Waals surface area contributed by atoms with Crippen molar-refractivity contribution in [2.45, 2.75) is 26.7 Å². The Kier molecular flexibility index (Phi) is 4.51. The second-order valence-corrected chi connectivity index (χ2v) is 5.70. The van der Waals surface area contributed by atoms with Crippen LogP contribution in [-0.2, 0) is 4.79 Å². The van der Waals surface area contributed by atoms with Gasteiger partial charge < -0.3 is 9.84 Å². The Balaban J connectivity index is 1.95. The summed E-state index contributed by atoms with van der Waals surface area (Å²) in [4.78, 5) is 12.2. The molecule has 1 heterocycles. The van der Waals surface area contributed by atoms with E-state index >= 15 is 0 Å². The van der Waals surface area contributed by atoms with Crippen LogP contribution in [0.15, 0.2) is 47.6 Å². The van der Waals surface area contributed by atoms with E-state index in [9.17, 15) is 9.90 Å². The Hall–Kier alpha value is -2.82. The number of aryl methyl sites for hydroxylation is 1. The molecule has 5 nitrogen and oxygen atoms in total. The first-order valence-electron chi connectivity index (χ1n) is 8.01. The molecule has 0 unspecified atom stereocenters.